The summed E-state index contributed by atoms with van der Waals surface area (Å²) < 4.78 is 34.5. The summed E-state index contributed by atoms with van der Waals surface area (Å²) in [5.41, 5.74) is 0.382. The molecule has 0 saturated carbocycles. The lowest BCUT2D eigenvalue weighted by molar-refractivity contribution is -0.120. The highest BCUT2D eigenvalue weighted by Crippen LogP contribution is 2.32. The molecule has 1 amide bonds. The summed E-state index contributed by atoms with van der Waals surface area (Å²) in [5.74, 6) is 0.523. The lowest BCUT2D eigenvalue weighted by atomic mass is 9.96. The summed E-state index contributed by atoms with van der Waals surface area (Å²) >= 11 is 0. The third kappa shape index (κ3) is 4.81. The van der Waals surface area contributed by atoms with Gasteiger partial charge in [-0.15, -0.1) is 0 Å². The molecule has 7 nitrogen and oxygen atoms in total. The number of benzene rings is 1. The van der Waals surface area contributed by atoms with Crippen molar-refractivity contribution in [3.05, 3.63) is 36.8 Å². The van der Waals surface area contributed by atoms with Crippen molar-refractivity contribution in [1.82, 2.24) is 9.97 Å². The van der Waals surface area contributed by atoms with Gasteiger partial charge in [-0.25, -0.2) is 4.98 Å². The number of anilines is 2. The Hall–Kier alpha value is -2.97. The third-order valence-electron chi connectivity index (χ3n) is 4.39. The maximum atomic E-state index is 12.5. The van der Waals surface area contributed by atoms with E-state index in [4.69, 9.17) is 4.74 Å². The number of nitrogens with one attached hydrogen (secondary N) is 1. The van der Waals surface area contributed by atoms with E-state index in [2.05, 4.69) is 24.9 Å². The highest BCUT2D eigenvalue weighted by Gasteiger charge is 2.26. The van der Waals surface area contributed by atoms with Gasteiger partial charge in [0, 0.05) is 43.2 Å². The molecule has 0 unspecified atom stereocenters. The number of rotatable bonds is 6. The molecular formula is C18H20F2N4O3. The van der Waals surface area contributed by atoms with Gasteiger partial charge >= 0.3 is 6.61 Å². The van der Waals surface area contributed by atoms with E-state index < -0.39 is 6.61 Å². The number of halogens is 2. The molecule has 1 aromatic heterocycles. The van der Waals surface area contributed by atoms with Crippen LogP contribution in [0.15, 0.2) is 36.8 Å². The lowest BCUT2D eigenvalue weighted by Crippen LogP contribution is -2.38. The molecule has 1 aliphatic heterocycles. The third-order valence-corrected chi connectivity index (χ3v) is 4.39. The van der Waals surface area contributed by atoms with Crippen LogP contribution < -0.4 is 19.7 Å². The van der Waals surface area contributed by atoms with Crippen LogP contribution in [-0.2, 0) is 4.79 Å². The minimum absolute atomic E-state index is 0.122. The fourth-order valence-corrected chi connectivity index (χ4v) is 3.01. The first-order valence-electron chi connectivity index (χ1n) is 8.51. The Morgan fingerprint density at radius 3 is 2.67 bits per heavy atom. The van der Waals surface area contributed by atoms with Crippen molar-refractivity contribution in [2.24, 2.45) is 5.92 Å². The molecule has 2 aromatic rings. The first-order chi connectivity index (χ1) is 13.1. The number of alkyl halides is 2. The van der Waals surface area contributed by atoms with Gasteiger partial charge < -0.3 is 19.7 Å². The quantitative estimate of drug-likeness (QED) is 0.833. The zero-order valence-corrected chi connectivity index (χ0v) is 14.8. The summed E-state index contributed by atoms with van der Waals surface area (Å²) in [6.07, 6.45) is 6.28. The molecule has 0 atom stereocenters. The highest BCUT2D eigenvalue weighted by molar-refractivity contribution is 5.93. The van der Waals surface area contributed by atoms with Crippen molar-refractivity contribution in [2.45, 2.75) is 19.5 Å². The Bertz CT molecular complexity index is 768. The van der Waals surface area contributed by atoms with Crippen molar-refractivity contribution in [3.8, 4) is 11.5 Å². The maximum absolute atomic E-state index is 12.5. The van der Waals surface area contributed by atoms with E-state index >= 15 is 0 Å². The van der Waals surface area contributed by atoms with E-state index in [1.54, 1.807) is 24.7 Å². The number of carbonyl (C=O) groups is 1. The van der Waals surface area contributed by atoms with Gasteiger partial charge in [0.15, 0.2) is 11.5 Å². The molecule has 1 aromatic carbocycles. The van der Waals surface area contributed by atoms with Gasteiger partial charge in [0.1, 0.15) is 5.82 Å². The van der Waals surface area contributed by atoms with Gasteiger partial charge in [0.05, 0.1) is 13.3 Å². The molecular weight excluding hydrogens is 358 g/mol. The fourth-order valence-electron chi connectivity index (χ4n) is 3.01. The lowest BCUT2D eigenvalue weighted by Gasteiger charge is -2.31. The topological polar surface area (TPSA) is 76.6 Å². The molecule has 1 N–H and O–H groups in total. The number of amides is 1. The average Bonchev–Trinajstić information content (AvgIpc) is 2.68. The van der Waals surface area contributed by atoms with Crippen molar-refractivity contribution in [3.63, 3.8) is 0 Å². The molecule has 1 aliphatic rings. The van der Waals surface area contributed by atoms with Crippen LogP contribution in [-0.4, -0.2) is 42.7 Å². The summed E-state index contributed by atoms with van der Waals surface area (Å²) in [7, 11) is 1.36. The van der Waals surface area contributed by atoms with Gasteiger partial charge in [-0.2, -0.15) is 8.78 Å². The van der Waals surface area contributed by atoms with Gasteiger partial charge in [-0.3, -0.25) is 9.78 Å². The molecule has 27 heavy (non-hydrogen) atoms. The standard InChI is InChI=1S/C18H20F2N4O3/c1-26-14-3-2-13(10-15(14)27-18(19)20)23-17(25)12-4-8-24(9-5-12)16-11-21-6-7-22-16/h2-3,6-7,10-12,18H,4-5,8-9H2,1H3,(H,23,25). The van der Waals surface area contributed by atoms with Crippen LogP contribution in [0.2, 0.25) is 0 Å². The predicted molar refractivity (Wildman–Crippen MR) is 95.2 cm³/mol. The minimum atomic E-state index is -2.98. The van der Waals surface area contributed by atoms with Crippen LogP contribution in [0.3, 0.4) is 0 Å². The van der Waals surface area contributed by atoms with Crippen LogP contribution in [0.5, 0.6) is 11.5 Å². The average molecular weight is 378 g/mol. The van der Waals surface area contributed by atoms with Gasteiger partial charge in [-0.05, 0) is 25.0 Å². The second-order valence-corrected chi connectivity index (χ2v) is 6.06. The van der Waals surface area contributed by atoms with E-state index in [9.17, 15) is 13.6 Å². The number of ether oxygens (including phenoxy) is 2. The SMILES string of the molecule is COc1ccc(NC(=O)C2CCN(c3cnccn3)CC2)cc1OC(F)F. The van der Waals surface area contributed by atoms with Crippen LogP contribution in [0.4, 0.5) is 20.3 Å². The first-order valence-corrected chi connectivity index (χ1v) is 8.51. The molecule has 144 valence electrons. The van der Waals surface area contributed by atoms with Crippen LogP contribution >= 0.6 is 0 Å². The molecule has 0 radical (unpaired) electrons. The molecule has 9 heteroatoms. The highest BCUT2D eigenvalue weighted by atomic mass is 19.3. The van der Waals surface area contributed by atoms with Crippen LogP contribution in [0, 0.1) is 5.92 Å². The van der Waals surface area contributed by atoms with E-state index in [0.717, 1.165) is 5.82 Å². The predicted octanol–water partition coefficient (Wildman–Crippen LogP) is 2.94. The van der Waals surface area contributed by atoms with Crippen LogP contribution in [0.25, 0.3) is 0 Å². The zero-order chi connectivity index (χ0) is 19.2. The molecule has 1 fully saturated rings. The summed E-state index contributed by atoms with van der Waals surface area (Å²) in [6.45, 7) is -1.59. The Kier molecular flexibility index (Phi) is 6.00. The summed E-state index contributed by atoms with van der Waals surface area (Å²) in [6, 6.07) is 4.39. The second kappa shape index (κ2) is 8.61. The largest absolute Gasteiger partial charge is 0.493 e. The van der Waals surface area contributed by atoms with Crippen molar-refractivity contribution in [1.29, 1.82) is 0 Å². The number of nitrogens with zero attached hydrogens (tertiary/aromatic N) is 3. The number of methoxy groups -OCH3 is 1. The number of hydrogen-bond donors (Lipinski definition) is 1. The van der Waals surface area contributed by atoms with Gasteiger partial charge in [-0.1, -0.05) is 0 Å². The number of piperidine rings is 1. The van der Waals surface area contributed by atoms with Gasteiger partial charge in [0.2, 0.25) is 5.91 Å². The molecule has 0 bridgehead atoms. The summed E-state index contributed by atoms with van der Waals surface area (Å²) in [4.78, 5) is 22.9. The van der Waals surface area contributed by atoms with E-state index in [1.165, 1.54) is 19.2 Å². The van der Waals surface area contributed by atoms with Crippen molar-refractivity contribution < 1.29 is 23.0 Å². The Morgan fingerprint density at radius 1 is 1.26 bits per heavy atom. The number of aromatic nitrogens is 2. The normalized spacial score (nSPS) is 14.9. The van der Waals surface area contributed by atoms with Crippen LogP contribution in [0.1, 0.15) is 12.8 Å². The monoisotopic (exact) mass is 378 g/mol. The van der Waals surface area contributed by atoms with E-state index in [1.807, 2.05) is 0 Å². The minimum Gasteiger partial charge on any atom is -0.493 e. The molecule has 1 saturated heterocycles. The van der Waals surface area contributed by atoms with E-state index in [0.29, 0.717) is 31.6 Å². The number of hydrogen-bond acceptors (Lipinski definition) is 6. The van der Waals surface area contributed by atoms with Gasteiger partial charge in [0.25, 0.3) is 0 Å². The van der Waals surface area contributed by atoms with Crippen molar-refractivity contribution in [2.75, 3.05) is 30.4 Å². The van der Waals surface area contributed by atoms with E-state index in [-0.39, 0.29) is 23.3 Å². The Balaban J connectivity index is 1.59. The summed E-state index contributed by atoms with van der Waals surface area (Å²) in [5, 5.41) is 2.77. The Labute approximate surface area is 155 Å². The molecule has 3 rings (SSSR count). The first kappa shape index (κ1) is 18.8. The molecule has 0 aliphatic carbocycles. The van der Waals surface area contributed by atoms with Crippen molar-refractivity contribution >= 4 is 17.4 Å². The molecule has 0 spiro atoms. The fraction of sp³-hybridized carbons (Fsp3) is 0.389. The number of carbonyl (C=O) groups excluding carboxylic acids is 1. The zero-order valence-electron chi connectivity index (χ0n) is 14.8. The smallest absolute Gasteiger partial charge is 0.387 e. The maximum Gasteiger partial charge on any atom is 0.387 e. The Morgan fingerprint density at radius 2 is 2.04 bits per heavy atom. The molecule has 2 heterocycles. The second-order valence-electron chi connectivity index (χ2n) is 6.06.